The zero-order valence-corrected chi connectivity index (χ0v) is 12.5. The van der Waals surface area contributed by atoms with Crippen molar-refractivity contribution in [2.75, 3.05) is 11.4 Å². The first-order chi connectivity index (χ1) is 9.88. The van der Waals surface area contributed by atoms with Crippen LogP contribution in [0.4, 0.5) is 5.82 Å². The highest BCUT2D eigenvalue weighted by Crippen LogP contribution is 2.39. The molecule has 0 radical (unpaired) electrons. The molecule has 1 aliphatic heterocycles. The van der Waals surface area contributed by atoms with Crippen molar-refractivity contribution in [1.29, 1.82) is 0 Å². The van der Waals surface area contributed by atoms with Gasteiger partial charge in [0.2, 0.25) is 0 Å². The second-order valence-corrected chi connectivity index (χ2v) is 6.92. The summed E-state index contributed by atoms with van der Waals surface area (Å²) < 4.78 is 2.05. The standard InChI is InChI=1S/C15H21N3OS/c19-10-13-14(16-15-18(13)8-9-20-15)17-7-3-5-11-4-1-2-6-12(11)17/h8-9,11-12,19H,1-7,10H2/t11-,12-/m1/s1. The van der Waals surface area contributed by atoms with Crippen LogP contribution in [0.5, 0.6) is 0 Å². The van der Waals surface area contributed by atoms with E-state index >= 15 is 0 Å². The number of piperidine rings is 1. The van der Waals surface area contributed by atoms with Crippen LogP contribution in [-0.2, 0) is 6.61 Å². The van der Waals surface area contributed by atoms with Gasteiger partial charge in [0.15, 0.2) is 10.8 Å². The summed E-state index contributed by atoms with van der Waals surface area (Å²) in [5, 5.41) is 11.8. The molecule has 0 bridgehead atoms. The lowest BCUT2D eigenvalue weighted by Crippen LogP contribution is -2.47. The summed E-state index contributed by atoms with van der Waals surface area (Å²) in [6, 6.07) is 0.646. The highest BCUT2D eigenvalue weighted by atomic mass is 32.1. The highest BCUT2D eigenvalue weighted by molar-refractivity contribution is 7.15. The van der Waals surface area contributed by atoms with Crippen LogP contribution in [0.25, 0.3) is 4.96 Å². The quantitative estimate of drug-likeness (QED) is 0.924. The Hall–Kier alpha value is -1.07. The maximum Gasteiger partial charge on any atom is 0.195 e. The SMILES string of the molecule is OCc1c(N2CCC[C@H]3CCCC[C@H]32)nc2sccn12. The molecule has 2 aromatic rings. The zero-order chi connectivity index (χ0) is 13.5. The summed E-state index contributed by atoms with van der Waals surface area (Å²) in [6.07, 6.45) is 10.0. The third-order valence-electron chi connectivity index (χ3n) is 5.00. The van der Waals surface area contributed by atoms with E-state index in [1.165, 1.54) is 38.5 Å². The smallest absolute Gasteiger partial charge is 0.195 e. The first-order valence-electron chi connectivity index (χ1n) is 7.70. The van der Waals surface area contributed by atoms with E-state index in [2.05, 4.69) is 4.90 Å². The zero-order valence-electron chi connectivity index (χ0n) is 11.7. The predicted octanol–water partition coefficient (Wildman–Crippen LogP) is 3.05. The highest BCUT2D eigenvalue weighted by Gasteiger charge is 2.35. The Morgan fingerprint density at radius 3 is 3.00 bits per heavy atom. The Kier molecular flexibility index (Phi) is 3.19. The molecule has 3 heterocycles. The number of rotatable bonds is 2. The van der Waals surface area contributed by atoms with Gasteiger partial charge in [0.1, 0.15) is 0 Å². The number of aliphatic hydroxyl groups excluding tert-OH is 1. The molecule has 2 aliphatic rings. The van der Waals surface area contributed by atoms with E-state index in [0.717, 1.165) is 28.9 Å². The van der Waals surface area contributed by atoms with Crippen LogP contribution in [-0.4, -0.2) is 27.1 Å². The molecule has 2 atom stereocenters. The predicted molar refractivity (Wildman–Crippen MR) is 81.3 cm³/mol. The number of aromatic nitrogens is 2. The van der Waals surface area contributed by atoms with Crippen molar-refractivity contribution < 1.29 is 5.11 Å². The van der Waals surface area contributed by atoms with E-state index in [1.807, 2.05) is 16.0 Å². The van der Waals surface area contributed by atoms with Gasteiger partial charge < -0.3 is 10.0 Å². The molecule has 0 aromatic carbocycles. The molecule has 0 amide bonds. The maximum absolute atomic E-state index is 9.77. The molecule has 2 aromatic heterocycles. The minimum absolute atomic E-state index is 0.0706. The third-order valence-corrected chi connectivity index (χ3v) is 5.76. The Morgan fingerprint density at radius 1 is 1.25 bits per heavy atom. The van der Waals surface area contributed by atoms with Crippen LogP contribution in [0.3, 0.4) is 0 Å². The molecule has 1 aliphatic carbocycles. The molecule has 4 nitrogen and oxygen atoms in total. The summed E-state index contributed by atoms with van der Waals surface area (Å²) in [5.41, 5.74) is 0.965. The molecule has 2 fully saturated rings. The summed E-state index contributed by atoms with van der Waals surface area (Å²) in [4.78, 5) is 8.31. The third kappa shape index (κ3) is 1.87. The minimum Gasteiger partial charge on any atom is -0.390 e. The topological polar surface area (TPSA) is 40.8 Å². The fourth-order valence-corrected chi connectivity index (χ4v) is 4.81. The van der Waals surface area contributed by atoms with Crippen molar-refractivity contribution >= 4 is 22.1 Å². The van der Waals surface area contributed by atoms with Crippen LogP contribution in [0.2, 0.25) is 0 Å². The molecular formula is C15H21N3OS. The largest absolute Gasteiger partial charge is 0.390 e. The molecule has 4 rings (SSSR count). The minimum atomic E-state index is 0.0706. The average Bonchev–Trinajstić information content (AvgIpc) is 3.06. The van der Waals surface area contributed by atoms with Crippen molar-refractivity contribution in [2.45, 2.75) is 51.2 Å². The second-order valence-electron chi connectivity index (χ2n) is 6.04. The van der Waals surface area contributed by atoms with Gasteiger partial charge in [-0.1, -0.05) is 12.8 Å². The van der Waals surface area contributed by atoms with Gasteiger partial charge in [0, 0.05) is 24.2 Å². The number of imidazole rings is 1. The molecule has 0 spiro atoms. The van der Waals surface area contributed by atoms with Crippen molar-refractivity contribution in [3.8, 4) is 0 Å². The van der Waals surface area contributed by atoms with Crippen molar-refractivity contribution in [2.24, 2.45) is 5.92 Å². The summed E-state index contributed by atoms with van der Waals surface area (Å²) in [5.74, 6) is 1.87. The average molecular weight is 291 g/mol. The Bertz CT molecular complexity index is 603. The van der Waals surface area contributed by atoms with E-state index in [-0.39, 0.29) is 6.61 Å². The Morgan fingerprint density at radius 2 is 2.10 bits per heavy atom. The lowest BCUT2D eigenvalue weighted by atomic mass is 9.78. The van der Waals surface area contributed by atoms with Crippen LogP contribution in [0.1, 0.15) is 44.2 Å². The lowest BCUT2D eigenvalue weighted by molar-refractivity contribution is 0.239. The van der Waals surface area contributed by atoms with Crippen LogP contribution in [0, 0.1) is 5.92 Å². The van der Waals surface area contributed by atoms with E-state index in [1.54, 1.807) is 11.3 Å². The van der Waals surface area contributed by atoms with Gasteiger partial charge in [-0.3, -0.25) is 4.40 Å². The van der Waals surface area contributed by atoms with Crippen LogP contribution < -0.4 is 4.90 Å². The monoisotopic (exact) mass is 291 g/mol. The van der Waals surface area contributed by atoms with Gasteiger partial charge in [-0.15, -0.1) is 11.3 Å². The first-order valence-corrected chi connectivity index (χ1v) is 8.58. The fraction of sp³-hybridized carbons (Fsp3) is 0.667. The van der Waals surface area contributed by atoms with Crippen molar-refractivity contribution in [3.63, 3.8) is 0 Å². The lowest BCUT2D eigenvalue weighted by Gasteiger charge is -2.44. The number of aliphatic hydroxyl groups is 1. The van der Waals surface area contributed by atoms with Gasteiger partial charge in [0.25, 0.3) is 0 Å². The number of anilines is 1. The molecule has 1 saturated heterocycles. The molecule has 5 heteroatoms. The Balaban J connectivity index is 1.74. The van der Waals surface area contributed by atoms with Crippen molar-refractivity contribution in [3.05, 3.63) is 17.3 Å². The van der Waals surface area contributed by atoms with Gasteiger partial charge in [0.05, 0.1) is 12.3 Å². The maximum atomic E-state index is 9.77. The summed E-state index contributed by atoms with van der Waals surface area (Å²) in [6.45, 7) is 1.17. The number of nitrogens with zero attached hydrogens (tertiary/aromatic N) is 3. The fourth-order valence-electron chi connectivity index (χ4n) is 4.09. The van der Waals surface area contributed by atoms with E-state index in [9.17, 15) is 5.11 Å². The molecule has 1 saturated carbocycles. The molecule has 20 heavy (non-hydrogen) atoms. The second kappa shape index (κ2) is 5.04. The summed E-state index contributed by atoms with van der Waals surface area (Å²) >= 11 is 1.65. The Labute approximate surface area is 123 Å². The van der Waals surface area contributed by atoms with E-state index in [4.69, 9.17) is 4.98 Å². The van der Waals surface area contributed by atoms with Gasteiger partial charge >= 0.3 is 0 Å². The molecule has 1 N–H and O–H groups in total. The van der Waals surface area contributed by atoms with Crippen molar-refractivity contribution in [1.82, 2.24) is 9.38 Å². The van der Waals surface area contributed by atoms with Gasteiger partial charge in [-0.2, -0.15) is 0 Å². The molecular weight excluding hydrogens is 270 g/mol. The van der Waals surface area contributed by atoms with E-state index in [0.29, 0.717) is 6.04 Å². The van der Waals surface area contributed by atoms with Crippen LogP contribution >= 0.6 is 11.3 Å². The summed E-state index contributed by atoms with van der Waals surface area (Å²) in [7, 11) is 0. The number of hydrogen-bond acceptors (Lipinski definition) is 4. The normalized spacial score (nSPS) is 26.9. The number of thiazole rings is 1. The molecule has 0 unspecified atom stereocenters. The molecule has 108 valence electrons. The van der Waals surface area contributed by atoms with Gasteiger partial charge in [-0.25, -0.2) is 4.98 Å². The van der Waals surface area contributed by atoms with E-state index < -0.39 is 0 Å². The first kappa shape index (κ1) is 12.7. The van der Waals surface area contributed by atoms with Crippen LogP contribution in [0.15, 0.2) is 11.6 Å². The number of fused-ring (bicyclic) bond motifs is 2. The number of hydrogen-bond donors (Lipinski definition) is 1. The van der Waals surface area contributed by atoms with Gasteiger partial charge in [-0.05, 0) is 31.6 Å².